The Kier molecular flexibility index (Phi) is 4.68. The molecule has 7 nitrogen and oxygen atoms in total. The highest BCUT2D eigenvalue weighted by atomic mass is 16.5. The third kappa shape index (κ3) is 3.18. The molecule has 23 heavy (non-hydrogen) atoms. The average molecular weight is 318 g/mol. The summed E-state index contributed by atoms with van der Waals surface area (Å²) in [7, 11) is 4.33. The maximum atomic E-state index is 12.1. The minimum atomic E-state index is -0.600. The lowest BCUT2D eigenvalue weighted by Gasteiger charge is -2.18. The van der Waals surface area contributed by atoms with Crippen LogP contribution >= 0.6 is 0 Å². The molecule has 0 fully saturated rings. The van der Waals surface area contributed by atoms with E-state index in [4.69, 9.17) is 9.47 Å². The van der Waals surface area contributed by atoms with Crippen molar-refractivity contribution in [2.24, 2.45) is 0 Å². The average Bonchev–Trinajstić information content (AvgIpc) is 2.87. The molecule has 0 unspecified atom stereocenters. The minimum Gasteiger partial charge on any atom is -0.497 e. The first-order valence-corrected chi connectivity index (χ1v) is 6.92. The Labute approximate surface area is 133 Å². The van der Waals surface area contributed by atoms with E-state index in [0.717, 1.165) is 0 Å². The van der Waals surface area contributed by atoms with E-state index < -0.39 is 5.97 Å². The first kappa shape index (κ1) is 16.5. The van der Waals surface area contributed by atoms with E-state index >= 15 is 0 Å². The number of ether oxygens (including phenoxy) is 2. The lowest BCUT2D eigenvalue weighted by atomic mass is 10.0. The summed E-state index contributed by atoms with van der Waals surface area (Å²) in [6.45, 7) is 1.43. The Balaban J connectivity index is 2.55. The number of benzene rings is 1. The van der Waals surface area contributed by atoms with Gasteiger partial charge in [0.15, 0.2) is 0 Å². The van der Waals surface area contributed by atoms with Crippen LogP contribution in [-0.2, 0) is 14.3 Å². The second-order valence-corrected chi connectivity index (χ2v) is 5.09. The van der Waals surface area contributed by atoms with Gasteiger partial charge in [0.2, 0.25) is 5.91 Å². The molecule has 1 heterocycles. The van der Waals surface area contributed by atoms with Gasteiger partial charge in [0.25, 0.3) is 5.91 Å². The van der Waals surface area contributed by atoms with Gasteiger partial charge in [-0.15, -0.1) is 0 Å². The number of esters is 1. The van der Waals surface area contributed by atoms with Gasteiger partial charge in [0.1, 0.15) is 5.75 Å². The molecule has 0 saturated heterocycles. The summed E-state index contributed by atoms with van der Waals surface area (Å²) in [5, 5.41) is 2.68. The summed E-state index contributed by atoms with van der Waals surface area (Å²) >= 11 is 0. The summed E-state index contributed by atoms with van der Waals surface area (Å²) in [6.07, 6.45) is 0. The van der Waals surface area contributed by atoms with Crippen molar-refractivity contribution in [1.82, 2.24) is 10.2 Å². The van der Waals surface area contributed by atoms with E-state index in [-0.39, 0.29) is 23.9 Å². The van der Waals surface area contributed by atoms with Gasteiger partial charge in [0, 0.05) is 19.5 Å². The van der Waals surface area contributed by atoms with Crippen LogP contribution < -0.4 is 10.1 Å². The van der Waals surface area contributed by atoms with Crippen LogP contribution in [0.25, 0.3) is 5.70 Å². The molecule has 0 bridgehead atoms. The normalized spacial score (nSPS) is 14.7. The SMILES string of the molecule is COC(=O)/C(CN(C)C(C)=O)=C1/NC(=O)c2cc(OC)ccc21. The number of nitrogens with one attached hydrogen (secondary N) is 1. The Morgan fingerprint density at radius 2 is 1.91 bits per heavy atom. The van der Waals surface area contributed by atoms with Gasteiger partial charge < -0.3 is 19.7 Å². The van der Waals surface area contributed by atoms with Gasteiger partial charge in [-0.05, 0) is 18.2 Å². The summed E-state index contributed by atoms with van der Waals surface area (Å²) in [5.41, 5.74) is 1.55. The molecule has 0 spiro atoms. The summed E-state index contributed by atoms with van der Waals surface area (Å²) in [4.78, 5) is 37.1. The van der Waals surface area contributed by atoms with Crippen LogP contribution in [0.4, 0.5) is 0 Å². The van der Waals surface area contributed by atoms with Crippen LogP contribution in [0.1, 0.15) is 22.8 Å². The third-order valence-corrected chi connectivity index (χ3v) is 3.65. The standard InChI is InChI=1S/C16H18N2O5/c1-9(19)18(2)8-13(16(21)23-4)14-11-6-5-10(22-3)7-12(11)15(20)17-14/h5-7H,8H2,1-4H3,(H,17,20)/b14-13+. The second-order valence-electron chi connectivity index (χ2n) is 5.09. The number of likely N-dealkylation sites (N-methyl/N-ethyl adjacent to an activating group) is 1. The maximum Gasteiger partial charge on any atom is 0.337 e. The van der Waals surface area contributed by atoms with Gasteiger partial charge in [-0.25, -0.2) is 4.79 Å². The fraction of sp³-hybridized carbons (Fsp3) is 0.312. The molecule has 0 saturated carbocycles. The molecule has 2 rings (SSSR count). The molecule has 7 heteroatoms. The van der Waals surface area contributed by atoms with Crippen molar-refractivity contribution in [3.05, 3.63) is 34.9 Å². The van der Waals surface area contributed by atoms with E-state index in [0.29, 0.717) is 22.6 Å². The lowest BCUT2D eigenvalue weighted by Crippen LogP contribution is -2.30. The van der Waals surface area contributed by atoms with Gasteiger partial charge in [-0.1, -0.05) is 0 Å². The van der Waals surface area contributed by atoms with Gasteiger partial charge in [-0.2, -0.15) is 0 Å². The molecule has 2 amide bonds. The molecule has 0 aliphatic carbocycles. The molecule has 1 aromatic carbocycles. The van der Waals surface area contributed by atoms with Gasteiger partial charge >= 0.3 is 5.97 Å². The fourth-order valence-electron chi connectivity index (χ4n) is 2.26. The Morgan fingerprint density at radius 3 is 2.48 bits per heavy atom. The quantitative estimate of drug-likeness (QED) is 0.656. The van der Waals surface area contributed by atoms with Gasteiger partial charge in [0.05, 0.1) is 37.6 Å². The van der Waals surface area contributed by atoms with Crippen LogP contribution in [0.3, 0.4) is 0 Å². The third-order valence-electron chi connectivity index (χ3n) is 3.65. The summed E-state index contributed by atoms with van der Waals surface area (Å²) in [6, 6.07) is 4.99. The molecule has 0 radical (unpaired) electrons. The monoisotopic (exact) mass is 318 g/mol. The van der Waals surface area contributed by atoms with Crippen LogP contribution in [0.2, 0.25) is 0 Å². The number of amides is 2. The summed E-state index contributed by atoms with van der Waals surface area (Å²) < 4.78 is 9.90. The number of hydrogen-bond acceptors (Lipinski definition) is 5. The van der Waals surface area contributed by atoms with Crippen molar-refractivity contribution in [1.29, 1.82) is 0 Å². The van der Waals surface area contributed by atoms with Crippen molar-refractivity contribution in [3.8, 4) is 5.75 Å². The van der Waals surface area contributed by atoms with Crippen molar-refractivity contribution >= 4 is 23.5 Å². The zero-order valence-electron chi connectivity index (χ0n) is 13.4. The van der Waals surface area contributed by atoms with Crippen LogP contribution in [0.5, 0.6) is 5.75 Å². The fourth-order valence-corrected chi connectivity index (χ4v) is 2.26. The van der Waals surface area contributed by atoms with Crippen molar-refractivity contribution in [2.45, 2.75) is 6.92 Å². The Morgan fingerprint density at radius 1 is 1.22 bits per heavy atom. The molecule has 122 valence electrons. The number of carbonyl (C=O) groups is 3. The molecular weight excluding hydrogens is 300 g/mol. The van der Waals surface area contributed by atoms with E-state index in [1.54, 1.807) is 25.2 Å². The van der Waals surface area contributed by atoms with E-state index in [9.17, 15) is 14.4 Å². The van der Waals surface area contributed by atoms with Crippen molar-refractivity contribution in [2.75, 3.05) is 27.8 Å². The number of fused-ring (bicyclic) bond motifs is 1. The molecule has 1 N–H and O–H groups in total. The molecule has 0 aromatic heterocycles. The zero-order valence-corrected chi connectivity index (χ0v) is 13.4. The highest BCUT2D eigenvalue weighted by Crippen LogP contribution is 2.30. The number of nitrogens with zero attached hydrogens (tertiary/aromatic N) is 1. The topological polar surface area (TPSA) is 84.9 Å². The number of hydrogen-bond donors (Lipinski definition) is 1. The van der Waals surface area contributed by atoms with E-state index in [1.165, 1.54) is 26.0 Å². The number of carbonyl (C=O) groups excluding carboxylic acids is 3. The first-order chi connectivity index (χ1) is 10.9. The smallest absolute Gasteiger partial charge is 0.337 e. The predicted octanol–water partition coefficient (Wildman–Crippen LogP) is 0.801. The van der Waals surface area contributed by atoms with Crippen LogP contribution in [-0.4, -0.2) is 50.5 Å². The number of methoxy groups -OCH3 is 2. The molecule has 1 aliphatic rings. The minimum absolute atomic E-state index is 0.0308. The maximum absolute atomic E-state index is 12.1. The highest BCUT2D eigenvalue weighted by Gasteiger charge is 2.30. The molecule has 1 aliphatic heterocycles. The van der Waals surface area contributed by atoms with Gasteiger partial charge in [-0.3, -0.25) is 9.59 Å². The summed E-state index contributed by atoms with van der Waals surface area (Å²) in [5.74, 6) is -0.593. The zero-order chi connectivity index (χ0) is 17.1. The van der Waals surface area contributed by atoms with Crippen molar-refractivity contribution < 1.29 is 23.9 Å². The Hall–Kier alpha value is -2.83. The van der Waals surface area contributed by atoms with Crippen LogP contribution in [0, 0.1) is 0 Å². The number of rotatable bonds is 4. The molecule has 0 atom stereocenters. The lowest BCUT2D eigenvalue weighted by molar-refractivity contribution is -0.136. The molecule has 1 aromatic rings. The van der Waals surface area contributed by atoms with E-state index in [1.807, 2.05) is 0 Å². The largest absolute Gasteiger partial charge is 0.497 e. The van der Waals surface area contributed by atoms with E-state index in [2.05, 4.69) is 5.32 Å². The van der Waals surface area contributed by atoms with Crippen molar-refractivity contribution in [3.63, 3.8) is 0 Å². The molecular formula is C16H18N2O5. The van der Waals surface area contributed by atoms with Crippen LogP contribution in [0.15, 0.2) is 23.8 Å². The predicted molar refractivity (Wildman–Crippen MR) is 82.7 cm³/mol. The highest BCUT2D eigenvalue weighted by molar-refractivity contribution is 6.13. The second kappa shape index (κ2) is 6.51. The Bertz CT molecular complexity index is 708. The first-order valence-electron chi connectivity index (χ1n) is 6.92.